The molecule has 0 saturated heterocycles. The van der Waals surface area contributed by atoms with Gasteiger partial charge in [0.15, 0.2) is 11.5 Å². The quantitative estimate of drug-likeness (QED) is 0.941. The average Bonchev–Trinajstić information content (AvgIpc) is 2.47. The van der Waals surface area contributed by atoms with Gasteiger partial charge in [0.05, 0.1) is 24.8 Å². The first-order chi connectivity index (χ1) is 9.65. The van der Waals surface area contributed by atoms with Gasteiger partial charge in [-0.15, -0.1) is 0 Å². The molecule has 1 heterocycles. The summed E-state index contributed by atoms with van der Waals surface area (Å²) in [7, 11) is 3.08. The molecule has 0 spiro atoms. The number of carbonyl (C=O) groups is 1. The second-order valence-corrected chi connectivity index (χ2v) is 4.29. The molecule has 0 aliphatic heterocycles. The van der Waals surface area contributed by atoms with Crippen molar-refractivity contribution in [2.45, 2.75) is 0 Å². The molecule has 0 radical (unpaired) electrons. The van der Waals surface area contributed by atoms with Crippen LogP contribution in [0, 0.1) is 0 Å². The van der Waals surface area contributed by atoms with E-state index in [2.05, 4.69) is 10.3 Å². The first-order valence-electron chi connectivity index (χ1n) is 5.78. The molecule has 1 N–H and O–H groups in total. The van der Waals surface area contributed by atoms with Crippen molar-refractivity contribution in [3.8, 4) is 11.5 Å². The van der Waals surface area contributed by atoms with Gasteiger partial charge in [0.1, 0.15) is 0 Å². The number of hydrogen-bond acceptors (Lipinski definition) is 4. The van der Waals surface area contributed by atoms with Gasteiger partial charge < -0.3 is 14.8 Å². The zero-order valence-corrected chi connectivity index (χ0v) is 11.8. The van der Waals surface area contributed by atoms with Crippen molar-refractivity contribution < 1.29 is 14.3 Å². The molecule has 5 nitrogen and oxygen atoms in total. The number of ether oxygens (including phenoxy) is 2. The topological polar surface area (TPSA) is 60.5 Å². The summed E-state index contributed by atoms with van der Waals surface area (Å²) in [5.74, 6) is 0.809. The number of benzene rings is 1. The van der Waals surface area contributed by atoms with Crippen LogP contribution in [0.2, 0.25) is 5.02 Å². The van der Waals surface area contributed by atoms with Crippen LogP contribution in [-0.2, 0) is 0 Å². The van der Waals surface area contributed by atoms with Gasteiger partial charge in [-0.05, 0) is 18.2 Å². The first kappa shape index (κ1) is 14.1. The summed E-state index contributed by atoms with van der Waals surface area (Å²) in [6.45, 7) is 0. The summed E-state index contributed by atoms with van der Waals surface area (Å²) in [6.07, 6.45) is 2.93. The summed E-state index contributed by atoms with van der Waals surface area (Å²) in [5, 5.41) is 3.04. The van der Waals surface area contributed by atoms with Crippen molar-refractivity contribution in [1.82, 2.24) is 4.98 Å². The monoisotopic (exact) mass is 292 g/mol. The maximum atomic E-state index is 12.1. The van der Waals surface area contributed by atoms with E-state index in [9.17, 15) is 4.79 Å². The Balaban J connectivity index is 2.22. The van der Waals surface area contributed by atoms with Crippen molar-refractivity contribution >= 4 is 23.2 Å². The van der Waals surface area contributed by atoms with Crippen LogP contribution in [-0.4, -0.2) is 25.1 Å². The van der Waals surface area contributed by atoms with Crippen molar-refractivity contribution in [3.63, 3.8) is 0 Å². The Morgan fingerprint density at radius 2 is 1.95 bits per heavy atom. The Labute approximate surface area is 121 Å². The fourth-order valence-corrected chi connectivity index (χ4v) is 1.88. The molecule has 104 valence electrons. The number of nitrogens with zero attached hydrogens (tertiary/aromatic N) is 1. The molecule has 0 bridgehead atoms. The zero-order valence-electron chi connectivity index (χ0n) is 11.0. The normalized spacial score (nSPS) is 9.95. The lowest BCUT2D eigenvalue weighted by molar-refractivity contribution is 0.102. The lowest BCUT2D eigenvalue weighted by Crippen LogP contribution is -2.12. The van der Waals surface area contributed by atoms with Gasteiger partial charge in [-0.3, -0.25) is 9.78 Å². The predicted molar refractivity (Wildman–Crippen MR) is 76.7 cm³/mol. The van der Waals surface area contributed by atoms with Crippen LogP contribution in [0.25, 0.3) is 0 Å². The van der Waals surface area contributed by atoms with Crippen molar-refractivity contribution in [2.24, 2.45) is 0 Å². The number of anilines is 1. The van der Waals surface area contributed by atoms with Crippen LogP contribution < -0.4 is 14.8 Å². The molecule has 0 aliphatic carbocycles. The van der Waals surface area contributed by atoms with E-state index in [1.807, 2.05) is 0 Å². The van der Waals surface area contributed by atoms with Gasteiger partial charge in [-0.1, -0.05) is 11.6 Å². The lowest BCUT2D eigenvalue weighted by atomic mass is 10.2. The van der Waals surface area contributed by atoms with Gasteiger partial charge in [-0.2, -0.15) is 0 Å². The standard InChI is InChI=1S/C14H13ClN2O3/c1-19-12-4-3-9(7-13(12)20-2)17-14(18)10-5-6-16-8-11(10)15/h3-8H,1-2H3,(H,17,18). The molecule has 1 amide bonds. The molecule has 0 aliphatic rings. The molecule has 20 heavy (non-hydrogen) atoms. The molecular weight excluding hydrogens is 280 g/mol. The molecule has 2 aromatic rings. The minimum Gasteiger partial charge on any atom is -0.493 e. The maximum absolute atomic E-state index is 12.1. The Morgan fingerprint density at radius 3 is 2.60 bits per heavy atom. The molecule has 0 fully saturated rings. The summed E-state index contributed by atoms with van der Waals surface area (Å²) in [5.41, 5.74) is 0.942. The summed E-state index contributed by atoms with van der Waals surface area (Å²) < 4.78 is 10.3. The lowest BCUT2D eigenvalue weighted by Gasteiger charge is -2.11. The van der Waals surface area contributed by atoms with Gasteiger partial charge in [0, 0.05) is 24.1 Å². The van der Waals surface area contributed by atoms with E-state index in [0.717, 1.165) is 0 Å². The molecule has 0 unspecified atom stereocenters. The van der Waals surface area contributed by atoms with Gasteiger partial charge in [0.25, 0.3) is 5.91 Å². The SMILES string of the molecule is COc1ccc(NC(=O)c2ccncc2Cl)cc1OC. The van der Waals surface area contributed by atoms with E-state index in [1.165, 1.54) is 19.5 Å². The van der Waals surface area contributed by atoms with Gasteiger partial charge in [0.2, 0.25) is 0 Å². The van der Waals surface area contributed by atoms with E-state index in [4.69, 9.17) is 21.1 Å². The molecule has 2 rings (SSSR count). The number of halogens is 1. The second-order valence-electron chi connectivity index (χ2n) is 3.88. The number of aromatic nitrogens is 1. The highest BCUT2D eigenvalue weighted by atomic mass is 35.5. The third-order valence-electron chi connectivity index (χ3n) is 2.66. The van der Waals surface area contributed by atoms with Crippen molar-refractivity contribution in [1.29, 1.82) is 0 Å². The maximum Gasteiger partial charge on any atom is 0.257 e. The molecule has 1 aromatic carbocycles. The number of methoxy groups -OCH3 is 2. The Hall–Kier alpha value is -2.27. The third kappa shape index (κ3) is 3.00. The smallest absolute Gasteiger partial charge is 0.257 e. The van der Waals surface area contributed by atoms with Crippen LogP contribution in [0.3, 0.4) is 0 Å². The minimum absolute atomic E-state index is 0.297. The fraction of sp³-hybridized carbons (Fsp3) is 0.143. The third-order valence-corrected chi connectivity index (χ3v) is 2.96. The summed E-state index contributed by atoms with van der Waals surface area (Å²) in [6, 6.07) is 6.65. The van der Waals surface area contributed by atoms with Gasteiger partial charge in [-0.25, -0.2) is 0 Å². The van der Waals surface area contributed by atoms with Crippen molar-refractivity contribution in [2.75, 3.05) is 19.5 Å². The number of pyridine rings is 1. The Kier molecular flexibility index (Phi) is 4.42. The fourth-order valence-electron chi connectivity index (χ4n) is 1.67. The van der Waals surface area contributed by atoms with E-state index in [1.54, 1.807) is 31.4 Å². The Bertz CT molecular complexity index is 632. The second kappa shape index (κ2) is 6.25. The van der Waals surface area contributed by atoms with Crippen LogP contribution in [0.1, 0.15) is 10.4 Å². The van der Waals surface area contributed by atoms with Crippen molar-refractivity contribution in [3.05, 3.63) is 47.2 Å². The minimum atomic E-state index is -0.315. The van der Waals surface area contributed by atoms with E-state index < -0.39 is 0 Å². The van der Waals surface area contributed by atoms with E-state index >= 15 is 0 Å². The Morgan fingerprint density at radius 1 is 1.20 bits per heavy atom. The van der Waals surface area contributed by atoms with Crippen LogP contribution in [0.4, 0.5) is 5.69 Å². The van der Waals surface area contributed by atoms with Crippen LogP contribution in [0.5, 0.6) is 11.5 Å². The molecular formula is C14H13ClN2O3. The number of amides is 1. The highest BCUT2D eigenvalue weighted by Gasteiger charge is 2.11. The van der Waals surface area contributed by atoms with Crippen LogP contribution >= 0.6 is 11.6 Å². The van der Waals surface area contributed by atoms with Crippen LogP contribution in [0.15, 0.2) is 36.7 Å². The van der Waals surface area contributed by atoms with E-state index in [-0.39, 0.29) is 5.91 Å². The number of nitrogens with one attached hydrogen (secondary N) is 1. The molecule has 6 heteroatoms. The molecule has 0 atom stereocenters. The van der Waals surface area contributed by atoms with E-state index in [0.29, 0.717) is 27.8 Å². The number of hydrogen-bond donors (Lipinski definition) is 1. The highest BCUT2D eigenvalue weighted by Crippen LogP contribution is 2.30. The van der Waals surface area contributed by atoms with Gasteiger partial charge >= 0.3 is 0 Å². The molecule has 0 saturated carbocycles. The number of carbonyl (C=O) groups excluding carboxylic acids is 1. The number of rotatable bonds is 4. The summed E-state index contributed by atoms with van der Waals surface area (Å²) >= 11 is 5.92. The average molecular weight is 293 g/mol. The molecule has 1 aromatic heterocycles. The largest absolute Gasteiger partial charge is 0.493 e. The zero-order chi connectivity index (χ0) is 14.5. The predicted octanol–water partition coefficient (Wildman–Crippen LogP) is 3.00. The summed E-state index contributed by atoms with van der Waals surface area (Å²) in [4.78, 5) is 15.9. The highest BCUT2D eigenvalue weighted by molar-refractivity contribution is 6.34. The first-order valence-corrected chi connectivity index (χ1v) is 6.16.